The minimum Gasteiger partial charge on any atom is -0.508 e. The molecule has 0 aromatic heterocycles. The summed E-state index contributed by atoms with van der Waals surface area (Å²) in [5.74, 6) is 0.307. The number of allylic oxidation sites excluding steroid dienone is 1. The fraction of sp³-hybridized carbons (Fsp3) is 0.0667. The fourth-order valence-electron chi connectivity index (χ4n) is 1.58. The minimum absolute atomic E-state index is 0.307. The van der Waals surface area contributed by atoms with Gasteiger partial charge >= 0.3 is 0 Å². The second-order valence-corrected chi connectivity index (χ2v) is 5.07. The molecule has 0 aliphatic rings. The van der Waals surface area contributed by atoms with Crippen molar-refractivity contribution >= 4 is 28.7 Å². The van der Waals surface area contributed by atoms with E-state index in [0.717, 1.165) is 12.0 Å². The van der Waals surface area contributed by atoms with E-state index in [1.807, 2.05) is 18.2 Å². The van der Waals surface area contributed by atoms with Gasteiger partial charge in [0.1, 0.15) is 5.75 Å². The summed E-state index contributed by atoms with van der Waals surface area (Å²) in [4.78, 5) is 0. The molecule has 0 saturated carbocycles. The topological polar surface area (TPSA) is 20.2 Å². The molecule has 0 fully saturated rings. The summed E-state index contributed by atoms with van der Waals surface area (Å²) < 4.78 is 1.25. The number of benzene rings is 2. The molecule has 1 nitrogen and oxygen atoms in total. The molecule has 0 atom stereocenters. The third kappa shape index (κ3) is 3.89. The molecule has 0 heterocycles. The molecule has 86 valence electrons. The van der Waals surface area contributed by atoms with Gasteiger partial charge in [0, 0.05) is 3.57 Å². The normalized spacial score (nSPS) is 10.9. The Morgan fingerprint density at radius 2 is 1.82 bits per heavy atom. The third-order valence-corrected chi connectivity index (χ3v) is 3.17. The first kappa shape index (κ1) is 12.2. The van der Waals surface area contributed by atoms with E-state index in [9.17, 15) is 5.11 Å². The van der Waals surface area contributed by atoms with Crippen molar-refractivity contribution < 1.29 is 5.11 Å². The smallest absolute Gasteiger partial charge is 0.116 e. The zero-order valence-electron chi connectivity index (χ0n) is 9.31. The molecule has 0 bridgehead atoms. The molecule has 0 saturated heterocycles. The van der Waals surface area contributed by atoms with E-state index in [-0.39, 0.29) is 0 Å². The number of hydrogen-bond donors (Lipinski definition) is 1. The highest BCUT2D eigenvalue weighted by Crippen LogP contribution is 2.13. The van der Waals surface area contributed by atoms with Gasteiger partial charge in [-0.05, 0) is 64.4 Å². The van der Waals surface area contributed by atoms with Gasteiger partial charge < -0.3 is 5.11 Å². The van der Waals surface area contributed by atoms with E-state index >= 15 is 0 Å². The zero-order chi connectivity index (χ0) is 12.1. The van der Waals surface area contributed by atoms with Crippen LogP contribution in [-0.4, -0.2) is 5.11 Å². The maximum absolute atomic E-state index is 9.33. The van der Waals surface area contributed by atoms with Crippen molar-refractivity contribution in [2.24, 2.45) is 0 Å². The number of aromatic hydroxyl groups is 1. The van der Waals surface area contributed by atoms with E-state index in [0.29, 0.717) is 5.75 Å². The van der Waals surface area contributed by atoms with Gasteiger partial charge in [-0.2, -0.15) is 0 Å². The number of phenolic OH excluding ortho intramolecular Hbond substituents is 1. The van der Waals surface area contributed by atoms with Crippen LogP contribution in [0, 0.1) is 3.57 Å². The average Bonchev–Trinajstić information content (AvgIpc) is 2.32. The predicted octanol–water partition coefficient (Wildman–Crippen LogP) is 4.25. The second-order valence-electron chi connectivity index (χ2n) is 3.83. The van der Waals surface area contributed by atoms with Crippen LogP contribution < -0.4 is 0 Å². The molecule has 2 heteroatoms. The molecule has 0 amide bonds. The highest BCUT2D eigenvalue weighted by molar-refractivity contribution is 14.1. The quantitative estimate of drug-likeness (QED) is 0.831. The van der Waals surface area contributed by atoms with Crippen molar-refractivity contribution in [1.29, 1.82) is 0 Å². The first-order valence-corrected chi connectivity index (χ1v) is 6.52. The molecule has 2 aromatic carbocycles. The van der Waals surface area contributed by atoms with Crippen LogP contribution in [-0.2, 0) is 6.42 Å². The Hall–Kier alpha value is -1.29. The third-order valence-electron chi connectivity index (χ3n) is 2.45. The van der Waals surface area contributed by atoms with Crippen LogP contribution in [0.3, 0.4) is 0 Å². The Balaban J connectivity index is 2.00. The van der Waals surface area contributed by atoms with Crippen LogP contribution in [0.4, 0.5) is 0 Å². The van der Waals surface area contributed by atoms with Crippen molar-refractivity contribution in [3.8, 4) is 5.75 Å². The molecule has 0 aliphatic heterocycles. The lowest BCUT2D eigenvalue weighted by Gasteiger charge is -1.97. The summed E-state index contributed by atoms with van der Waals surface area (Å²) in [6, 6.07) is 15.7. The van der Waals surface area contributed by atoms with E-state index < -0.39 is 0 Å². The van der Waals surface area contributed by atoms with Crippen LogP contribution in [0.15, 0.2) is 54.6 Å². The van der Waals surface area contributed by atoms with E-state index in [1.54, 1.807) is 12.1 Å². The molecular formula is C15H13IO. The Kier molecular flexibility index (Phi) is 4.20. The monoisotopic (exact) mass is 336 g/mol. The van der Waals surface area contributed by atoms with Crippen molar-refractivity contribution in [3.63, 3.8) is 0 Å². The molecule has 0 aliphatic carbocycles. The Morgan fingerprint density at radius 3 is 2.53 bits per heavy atom. The molecule has 0 radical (unpaired) electrons. The highest BCUT2D eigenvalue weighted by Gasteiger charge is 1.91. The van der Waals surface area contributed by atoms with Gasteiger partial charge in [-0.3, -0.25) is 0 Å². The van der Waals surface area contributed by atoms with Gasteiger partial charge in [0.15, 0.2) is 0 Å². The second kappa shape index (κ2) is 5.87. The van der Waals surface area contributed by atoms with E-state index in [2.05, 4.69) is 52.9 Å². The average molecular weight is 336 g/mol. The van der Waals surface area contributed by atoms with Crippen LogP contribution in [0.25, 0.3) is 6.08 Å². The first-order chi connectivity index (χ1) is 8.24. The summed E-state index contributed by atoms with van der Waals surface area (Å²) in [6.45, 7) is 0. The Morgan fingerprint density at radius 1 is 1.06 bits per heavy atom. The lowest BCUT2D eigenvalue weighted by atomic mass is 10.1. The first-order valence-electron chi connectivity index (χ1n) is 5.44. The fourth-order valence-corrected chi connectivity index (χ4v) is 1.94. The predicted molar refractivity (Wildman–Crippen MR) is 80.0 cm³/mol. The van der Waals surface area contributed by atoms with Crippen molar-refractivity contribution in [1.82, 2.24) is 0 Å². The van der Waals surface area contributed by atoms with Gasteiger partial charge in [0.25, 0.3) is 0 Å². The van der Waals surface area contributed by atoms with Crippen LogP contribution >= 0.6 is 22.6 Å². The maximum Gasteiger partial charge on any atom is 0.116 e. The molecule has 0 unspecified atom stereocenters. The molecule has 0 spiro atoms. The Labute approximate surface area is 115 Å². The van der Waals surface area contributed by atoms with Gasteiger partial charge in [0.05, 0.1) is 0 Å². The van der Waals surface area contributed by atoms with Crippen LogP contribution in [0.5, 0.6) is 5.75 Å². The largest absolute Gasteiger partial charge is 0.508 e. The van der Waals surface area contributed by atoms with E-state index in [4.69, 9.17) is 0 Å². The summed E-state index contributed by atoms with van der Waals surface area (Å²) in [6.07, 6.45) is 5.04. The summed E-state index contributed by atoms with van der Waals surface area (Å²) in [5, 5.41) is 9.33. The van der Waals surface area contributed by atoms with Crippen molar-refractivity contribution in [3.05, 3.63) is 69.3 Å². The number of phenols is 1. The number of halogens is 1. The van der Waals surface area contributed by atoms with Gasteiger partial charge in [-0.1, -0.05) is 36.4 Å². The highest BCUT2D eigenvalue weighted by atomic mass is 127. The van der Waals surface area contributed by atoms with Crippen molar-refractivity contribution in [2.75, 3.05) is 0 Å². The van der Waals surface area contributed by atoms with Gasteiger partial charge in [-0.15, -0.1) is 0 Å². The SMILES string of the molecule is Oc1cccc(/C=C/Cc2ccc(I)cc2)c1. The molecule has 17 heavy (non-hydrogen) atoms. The Bertz CT molecular complexity index is 515. The maximum atomic E-state index is 9.33. The standard InChI is InChI=1S/C15H13IO/c16-14-9-7-12(8-10-14)3-1-4-13-5-2-6-15(17)11-13/h1-2,4-11,17H,3H2/b4-1+. The lowest BCUT2D eigenvalue weighted by molar-refractivity contribution is 0.475. The summed E-state index contributed by atoms with van der Waals surface area (Å²) >= 11 is 2.30. The van der Waals surface area contributed by atoms with Crippen LogP contribution in [0.1, 0.15) is 11.1 Å². The summed E-state index contributed by atoms with van der Waals surface area (Å²) in [5.41, 5.74) is 2.32. The van der Waals surface area contributed by atoms with Crippen molar-refractivity contribution in [2.45, 2.75) is 6.42 Å². The minimum atomic E-state index is 0.307. The summed E-state index contributed by atoms with van der Waals surface area (Å²) in [7, 11) is 0. The van der Waals surface area contributed by atoms with Gasteiger partial charge in [0.2, 0.25) is 0 Å². The number of hydrogen-bond acceptors (Lipinski definition) is 1. The lowest BCUT2D eigenvalue weighted by Crippen LogP contribution is -1.80. The van der Waals surface area contributed by atoms with E-state index in [1.165, 1.54) is 9.13 Å². The zero-order valence-corrected chi connectivity index (χ0v) is 11.5. The molecular weight excluding hydrogens is 323 g/mol. The van der Waals surface area contributed by atoms with Crippen LogP contribution in [0.2, 0.25) is 0 Å². The van der Waals surface area contributed by atoms with Gasteiger partial charge in [-0.25, -0.2) is 0 Å². The molecule has 2 aromatic rings. The number of rotatable bonds is 3. The molecule has 2 rings (SSSR count). The molecule has 1 N–H and O–H groups in total.